The Morgan fingerprint density at radius 1 is 1.27 bits per heavy atom. The summed E-state index contributed by atoms with van der Waals surface area (Å²) < 4.78 is 35.8. The molecule has 0 saturated carbocycles. The second-order valence-electron chi connectivity index (χ2n) is 4.64. The molecular weight excluding hydrogens is 403 g/mol. The maximum Gasteiger partial charge on any atom is 0.134 e. The van der Waals surface area contributed by atoms with Gasteiger partial charge in [-0.15, -0.1) is 0 Å². The first-order valence-electron chi connectivity index (χ1n) is 6.67. The van der Waals surface area contributed by atoms with E-state index in [0.717, 1.165) is 14.6 Å². The Hall–Kier alpha value is -1.77. The van der Waals surface area contributed by atoms with Gasteiger partial charge in [-0.1, -0.05) is 0 Å². The van der Waals surface area contributed by atoms with E-state index in [4.69, 9.17) is 4.74 Å². The first kappa shape index (κ1) is 15.1. The lowest BCUT2D eigenvalue weighted by molar-refractivity contribution is 0.335. The summed E-state index contributed by atoms with van der Waals surface area (Å²) in [5.41, 5.74) is 0.744. The SMILES string of the molecule is CCOc1cc(F)c(Cn2nc(I)c3cnccc32)c(F)c1. The van der Waals surface area contributed by atoms with Crippen LogP contribution in [0.2, 0.25) is 0 Å². The lowest BCUT2D eigenvalue weighted by atomic mass is 10.2. The molecule has 0 amide bonds. The molecule has 0 saturated heterocycles. The number of hydrogen-bond donors (Lipinski definition) is 0. The van der Waals surface area contributed by atoms with Crippen LogP contribution in [0.5, 0.6) is 5.75 Å². The largest absolute Gasteiger partial charge is 0.494 e. The topological polar surface area (TPSA) is 39.9 Å². The smallest absolute Gasteiger partial charge is 0.134 e. The van der Waals surface area contributed by atoms with E-state index in [-0.39, 0.29) is 17.9 Å². The van der Waals surface area contributed by atoms with Gasteiger partial charge in [0.1, 0.15) is 21.1 Å². The fourth-order valence-electron chi connectivity index (χ4n) is 2.24. The Bertz CT molecular complexity index is 812. The molecule has 0 radical (unpaired) electrons. The zero-order valence-corrected chi connectivity index (χ0v) is 13.8. The molecule has 22 heavy (non-hydrogen) atoms. The Morgan fingerprint density at radius 2 is 2.00 bits per heavy atom. The van der Waals surface area contributed by atoms with Gasteiger partial charge in [-0.3, -0.25) is 9.67 Å². The van der Waals surface area contributed by atoms with E-state index in [2.05, 4.69) is 32.7 Å². The minimum atomic E-state index is -0.642. The van der Waals surface area contributed by atoms with Gasteiger partial charge in [-0.05, 0) is 35.6 Å². The molecule has 0 aliphatic carbocycles. The van der Waals surface area contributed by atoms with Crippen molar-refractivity contribution in [1.29, 1.82) is 0 Å². The average molecular weight is 415 g/mol. The monoisotopic (exact) mass is 415 g/mol. The van der Waals surface area contributed by atoms with Gasteiger partial charge < -0.3 is 4.74 Å². The summed E-state index contributed by atoms with van der Waals surface area (Å²) in [5, 5.41) is 5.18. The van der Waals surface area contributed by atoms with Crippen LogP contribution in [0.3, 0.4) is 0 Å². The lowest BCUT2D eigenvalue weighted by Crippen LogP contribution is -2.07. The Balaban J connectivity index is 2.02. The third-order valence-electron chi connectivity index (χ3n) is 3.24. The van der Waals surface area contributed by atoms with Crippen LogP contribution in [-0.2, 0) is 6.54 Å². The van der Waals surface area contributed by atoms with Gasteiger partial charge in [0.05, 0.1) is 24.1 Å². The zero-order valence-electron chi connectivity index (χ0n) is 11.7. The minimum Gasteiger partial charge on any atom is -0.494 e. The molecular formula is C15H12F2IN3O. The second kappa shape index (κ2) is 6.15. The predicted octanol–water partition coefficient (Wildman–Crippen LogP) is 3.76. The number of rotatable bonds is 4. The summed E-state index contributed by atoms with van der Waals surface area (Å²) in [6, 6.07) is 4.16. The predicted molar refractivity (Wildman–Crippen MR) is 86.9 cm³/mol. The van der Waals surface area contributed by atoms with Crippen molar-refractivity contribution >= 4 is 33.5 Å². The summed E-state index contributed by atoms with van der Waals surface area (Å²) in [4.78, 5) is 4.04. The highest BCUT2D eigenvalue weighted by Gasteiger charge is 2.15. The molecule has 0 aliphatic rings. The molecule has 4 nitrogen and oxygen atoms in total. The molecule has 0 aliphatic heterocycles. The van der Waals surface area contributed by atoms with Crippen molar-refractivity contribution < 1.29 is 13.5 Å². The van der Waals surface area contributed by atoms with Crippen LogP contribution in [0.4, 0.5) is 8.78 Å². The Labute approximate surface area is 139 Å². The number of benzene rings is 1. The van der Waals surface area contributed by atoms with Crippen LogP contribution in [0, 0.1) is 15.3 Å². The normalized spacial score (nSPS) is 11.1. The van der Waals surface area contributed by atoms with E-state index >= 15 is 0 Å². The fourth-order valence-corrected chi connectivity index (χ4v) is 2.91. The van der Waals surface area contributed by atoms with Gasteiger partial charge in [0.2, 0.25) is 0 Å². The van der Waals surface area contributed by atoms with Gasteiger partial charge in [-0.2, -0.15) is 5.10 Å². The van der Waals surface area contributed by atoms with Crippen molar-refractivity contribution in [2.24, 2.45) is 0 Å². The maximum atomic E-state index is 14.2. The van der Waals surface area contributed by atoms with Crippen LogP contribution in [0.25, 0.3) is 10.9 Å². The molecule has 114 valence electrons. The van der Waals surface area contributed by atoms with Gasteiger partial charge in [0.25, 0.3) is 0 Å². The summed E-state index contributed by atoms with van der Waals surface area (Å²) in [7, 11) is 0. The molecule has 3 aromatic rings. The van der Waals surface area contributed by atoms with Gasteiger partial charge >= 0.3 is 0 Å². The van der Waals surface area contributed by atoms with Crippen molar-refractivity contribution in [1.82, 2.24) is 14.8 Å². The third-order valence-corrected chi connectivity index (χ3v) is 4.04. The molecule has 1 aromatic carbocycles. The van der Waals surface area contributed by atoms with Crippen LogP contribution >= 0.6 is 22.6 Å². The molecule has 0 unspecified atom stereocenters. The number of halogens is 3. The van der Waals surface area contributed by atoms with Gasteiger partial charge in [0.15, 0.2) is 0 Å². The standard InChI is InChI=1S/C15H12F2IN3O/c1-2-22-9-5-12(16)11(13(17)6-9)8-21-14-3-4-19-7-10(14)15(18)20-21/h3-7H,2,8H2,1H3. The lowest BCUT2D eigenvalue weighted by Gasteiger charge is -2.09. The Kier molecular flexibility index (Phi) is 4.23. The summed E-state index contributed by atoms with van der Waals surface area (Å²) in [6.45, 7) is 2.12. The van der Waals surface area contributed by atoms with E-state index in [1.165, 1.54) is 12.1 Å². The van der Waals surface area contributed by atoms with Crippen LogP contribution in [0.1, 0.15) is 12.5 Å². The number of ether oxygens (including phenoxy) is 1. The molecule has 3 rings (SSSR count). The molecule has 0 bridgehead atoms. The molecule has 2 heterocycles. The second-order valence-corrected chi connectivity index (χ2v) is 5.66. The highest BCUT2D eigenvalue weighted by molar-refractivity contribution is 14.1. The molecule has 2 aromatic heterocycles. The van der Waals surface area contributed by atoms with E-state index in [9.17, 15) is 8.78 Å². The molecule has 0 spiro atoms. The number of fused-ring (bicyclic) bond motifs is 1. The van der Waals surface area contributed by atoms with Crippen molar-refractivity contribution in [3.05, 3.63) is 51.5 Å². The van der Waals surface area contributed by atoms with E-state index in [0.29, 0.717) is 6.61 Å². The van der Waals surface area contributed by atoms with Crippen molar-refractivity contribution in [2.75, 3.05) is 6.61 Å². The minimum absolute atomic E-state index is 0.00753. The van der Waals surface area contributed by atoms with Crippen molar-refractivity contribution in [2.45, 2.75) is 13.5 Å². The van der Waals surface area contributed by atoms with E-state index in [1.54, 1.807) is 30.1 Å². The van der Waals surface area contributed by atoms with Gasteiger partial charge in [-0.25, -0.2) is 8.78 Å². The van der Waals surface area contributed by atoms with Crippen LogP contribution in [0.15, 0.2) is 30.6 Å². The van der Waals surface area contributed by atoms with Crippen molar-refractivity contribution in [3.63, 3.8) is 0 Å². The zero-order chi connectivity index (χ0) is 15.7. The fraction of sp³-hybridized carbons (Fsp3) is 0.200. The number of hydrogen-bond acceptors (Lipinski definition) is 3. The van der Waals surface area contributed by atoms with E-state index in [1.807, 2.05) is 0 Å². The summed E-state index contributed by atoms with van der Waals surface area (Å²) >= 11 is 2.08. The third kappa shape index (κ3) is 2.77. The number of aromatic nitrogens is 3. The highest BCUT2D eigenvalue weighted by Crippen LogP contribution is 2.24. The van der Waals surface area contributed by atoms with Gasteiger partial charge in [0, 0.05) is 30.1 Å². The number of nitrogens with zero attached hydrogens (tertiary/aromatic N) is 3. The summed E-state index contributed by atoms with van der Waals surface area (Å²) in [6.07, 6.45) is 3.31. The van der Waals surface area contributed by atoms with E-state index < -0.39 is 11.6 Å². The molecule has 0 atom stereocenters. The average Bonchev–Trinajstić information content (AvgIpc) is 2.80. The maximum absolute atomic E-state index is 14.2. The summed E-state index contributed by atoms with van der Waals surface area (Å²) in [5.74, 6) is -1.10. The van der Waals surface area contributed by atoms with Crippen molar-refractivity contribution in [3.8, 4) is 5.75 Å². The van der Waals surface area contributed by atoms with Crippen LogP contribution < -0.4 is 4.74 Å². The molecule has 0 N–H and O–H groups in total. The first-order valence-corrected chi connectivity index (χ1v) is 7.74. The highest BCUT2D eigenvalue weighted by atomic mass is 127. The molecule has 0 fully saturated rings. The van der Waals surface area contributed by atoms with Crippen LogP contribution in [-0.4, -0.2) is 21.4 Å². The molecule has 7 heteroatoms. The Morgan fingerprint density at radius 3 is 2.68 bits per heavy atom. The first-order chi connectivity index (χ1) is 10.6. The quantitative estimate of drug-likeness (QED) is 0.610. The number of pyridine rings is 1.